The molecule has 4 nitrogen and oxygen atoms in total. The zero-order chi connectivity index (χ0) is 9.68. The summed E-state index contributed by atoms with van der Waals surface area (Å²) in [5.41, 5.74) is 0. The number of nitrogens with one attached hydrogen (secondary N) is 1. The maximum atomic E-state index is 11.2. The lowest BCUT2D eigenvalue weighted by Crippen LogP contribution is -2.20. The molecule has 0 saturated heterocycles. The third kappa shape index (κ3) is 4.00. The standard InChI is InChI=1S/C8H13N3OS/c1-11(2)5-3-7(12)10-8-9-4-6-13-8/h4,6H,3,5H2,1-2H3,(H,9,10,12). The second-order valence-corrected chi connectivity index (χ2v) is 3.83. The minimum absolute atomic E-state index is 0.0173. The Morgan fingerprint density at radius 1 is 1.69 bits per heavy atom. The Morgan fingerprint density at radius 2 is 2.46 bits per heavy atom. The number of thiazole rings is 1. The smallest absolute Gasteiger partial charge is 0.227 e. The SMILES string of the molecule is CN(C)CCC(=O)Nc1nccs1. The summed E-state index contributed by atoms with van der Waals surface area (Å²) in [6, 6.07) is 0. The normalized spacial score (nSPS) is 10.4. The summed E-state index contributed by atoms with van der Waals surface area (Å²) >= 11 is 1.43. The molecule has 0 saturated carbocycles. The van der Waals surface area contributed by atoms with Crippen LogP contribution in [0.15, 0.2) is 11.6 Å². The maximum Gasteiger partial charge on any atom is 0.227 e. The minimum Gasteiger partial charge on any atom is -0.309 e. The number of amides is 1. The number of carbonyl (C=O) groups excluding carboxylic acids is 1. The van der Waals surface area contributed by atoms with Crippen LogP contribution >= 0.6 is 11.3 Å². The number of carbonyl (C=O) groups is 1. The van der Waals surface area contributed by atoms with E-state index in [1.807, 2.05) is 24.4 Å². The van der Waals surface area contributed by atoms with Gasteiger partial charge in [-0.2, -0.15) is 0 Å². The third-order valence-electron chi connectivity index (χ3n) is 1.46. The fraction of sp³-hybridized carbons (Fsp3) is 0.500. The van der Waals surface area contributed by atoms with Crippen molar-refractivity contribution in [2.24, 2.45) is 0 Å². The van der Waals surface area contributed by atoms with Crippen LogP contribution in [-0.4, -0.2) is 36.4 Å². The van der Waals surface area contributed by atoms with E-state index in [-0.39, 0.29) is 5.91 Å². The van der Waals surface area contributed by atoms with E-state index in [9.17, 15) is 4.79 Å². The second-order valence-electron chi connectivity index (χ2n) is 2.94. The van der Waals surface area contributed by atoms with Crippen molar-refractivity contribution in [3.63, 3.8) is 0 Å². The first-order valence-corrected chi connectivity index (χ1v) is 4.90. The van der Waals surface area contributed by atoms with Gasteiger partial charge < -0.3 is 10.2 Å². The first kappa shape index (κ1) is 10.1. The molecule has 0 unspecified atom stereocenters. The molecule has 1 heterocycles. The molecule has 1 aromatic rings. The number of rotatable bonds is 4. The van der Waals surface area contributed by atoms with Gasteiger partial charge in [-0.25, -0.2) is 4.98 Å². The molecule has 1 N–H and O–H groups in total. The lowest BCUT2D eigenvalue weighted by Gasteiger charge is -2.07. The zero-order valence-corrected chi connectivity index (χ0v) is 8.60. The average Bonchev–Trinajstić information content (AvgIpc) is 2.53. The monoisotopic (exact) mass is 199 g/mol. The summed E-state index contributed by atoms with van der Waals surface area (Å²) < 4.78 is 0. The fourth-order valence-corrected chi connectivity index (χ4v) is 1.34. The van der Waals surface area contributed by atoms with Gasteiger partial charge in [0.05, 0.1) is 0 Å². The van der Waals surface area contributed by atoms with Crippen LogP contribution in [0.2, 0.25) is 0 Å². The van der Waals surface area contributed by atoms with E-state index < -0.39 is 0 Å². The molecule has 0 atom stereocenters. The van der Waals surface area contributed by atoms with Gasteiger partial charge in [0, 0.05) is 24.5 Å². The van der Waals surface area contributed by atoms with Gasteiger partial charge in [-0.15, -0.1) is 11.3 Å². The first-order valence-electron chi connectivity index (χ1n) is 4.02. The minimum atomic E-state index is 0.0173. The Balaban J connectivity index is 2.26. The van der Waals surface area contributed by atoms with Crippen LogP contribution in [0.25, 0.3) is 0 Å². The molecule has 0 aromatic carbocycles. The van der Waals surface area contributed by atoms with Gasteiger partial charge in [0.1, 0.15) is 0 Å². The number of hydrogen-bond donors (Lipinski definition) is 1. The topological polar surface area (TPSA) is 45.2 Å². The van der Waals surface area contributed by atoms with Crippen molar-refractivity contribution in [2.45, 2.75) is 6.42 Å². The van der Waals surface area contributed by atoms with Crippen molar-refractivity contribution >= 4 is 22.4 Å². The van der Waals surface area contributed by atoms with Gasteiger partial charge in [0.2, 0.25) is 5.91 Å². The van der Waals surface area contributed by atoms with E-state index in [1.165, 1.54) is 11.3 Å². The van der Waals surface area contributed by atoms with Crippen molar-refractivity contribution in [1.29, 1.82) is 0 Å². The molecular weight excluding hydrogens is 186 g/mol. The van der Waals surface area contributed by atoms with Crippen LogP contribution in [-0.2, 0) is 4.79 Å². The highest BCUT2D eigenvalue weighted by molar-refractivity contribution is 7.13. The van der Waals surface area contributed by atoms with Crippen LogP contribution in [0, 0.1) is 0 Å². The van der Waals surface area contributed by atoms with Gasteiger partial charge >= 0.3 is 0 Å². The van der Waals surface area contributed by atoms with E-state index >= 15 is 0 Å². The molecule has 0 radical (unpaired) electrons. The Bertz CT molecular complexity index is 258. The summed E-state index contributed by atoms with van der Waals surface area (Å²) in [5, 5.41) is 5.22. The lowest BCUT2D eigenvalue weighted by atomic mass is 10.4. The molecule has 1 rings (SSSR count). The van der Waals surface area contributed by atoms with Crippen LogP contribution in [0.5, 0.6) is 0 Å². The molecule has 0 aliphatic carbocycles. The number of anilines is 1. The van der Waals surface area contributed by atoms with Crippen LogP contribution in [0.4, 0.5) is 5.13 Å². The van der Waals surface area contributed by atoms with Gasteiger partial charge in [0.15, 0.2) is 5.13 Å². The molecule has 0 fully saturated rings. The highest BCUT2D eigenvalue weighted by Crippen LogP contribution is 2.10. The summed E-state index contributed by atoms with van der Waals surface area (Å²) in [6.45, 7) is 0.761. The predicted octanol–water partition coefficient (Wildman–Crippen LogP) is 1.03. The van der Waals surface area contributed by atoms with Crippen LogP contribution in [0.3, 0.4) is 0 Å². The Labute approximate surface area is 81.6 Å². The molecule has 1 amide bonds. The van der Waals surface area contributed by atoms with Crippen molar-refractivity contribution in [3.8, 4) is 0 Å². The molecule has 0 aliphatic heterocycles. The summed E-state index contributed by atoms with van der Waals surface area (Å²) in [4.78, 5) is 17.2. The van der Waals surface area contributed by atoms with E-state index in [2.05, 4.69) is 10.3 Å². The van der Waals surface area contributed by atoms with Crippen molar-refractivity contribution < 1.29 is 4.79 Å². The van der Waals surface area contributed by atoms with E-state index in [4.69, 9.17) is 0 Å². The predicted molar refractivity (Wildman–Crippen MR) is 53.9 cm³/mol. The molecule has 0 aliphatic rings. The number of nitrogens with zero attached hydrogens (tertiary/aromatic N) is 2. The number of aromatic nitrogens is 1. The zero-order valence-electron chi connectivity index (χ0n) is 7.78. The molecule has 0 bridgehead atoms. The van der Waals surface area contributed by atoms with Gasteiger partial charge in [0.25, 0.3) is 0 Å². The third-order valence-corrected chi connectivity index (χ3v) is 2.15. The molecule has 5 heteroatoms. The first-order chi connectivity index (χ1) is 6.18. The molecule has 72 valence electrons. The largest absolute Gasteiger partial charge is 0.309 e. The maximum absolute atomic E-state index is 11.2. The fourth-order valence-electron chi connectivity index (χ4n) is 0.792. The highest BCUT2D eigenvalue weighted by atomic mass is 32.1. The summed E-state index contributed by atoms with van der Waals surface area (Å²) in [7, 11) is 3.88. The van der Waals surface area contributed by atoms with Crippen molar-refractivity contribution in [3.05, 3.63) is 11.6 Å². The van der Waals surface area contributed by atoms with Crippen molar-refractivity contribution in [1.82, 2.24) is 9.88 Å². The Hall–Kier alpha value is -0.940. The van der Waals surface area contributed by atoms with Crippen LogP contribution < -0.4 is 5.32 Å². The second kappa shape index (κ2) is 4.94. The highest BCUT2D eigenvalue weighted by Gasteiger charge is 2.03. The van der Waals surface area contributed by atoms with Gasteiger partial charge in [-0.3, -0.25) is 4.79 Å². The molecule has 13 heavy (non-hydrogen) atoms. The lowest BCUT2D eigenvalue weighted by molar-refractivity contribution is -0.116. The number of hydrogen-bond acceptors (Lipinski definition) is 4. The molecule has 0 spiro atoms. The van der Waals surface area contributed by atoms with E-state index in [0.717, 1.165) is 6.54 Å². The average molecular weight is 199 g/mol. The Kier molecular flexibility index (Phi) is 3.85. The van der Waals surface area contributed by atoms with Gasteiger partial charge in [-0.05, 0) is 14.1 Å². The van der Waals surface area contributed by atoms with Gasteiger partial charge in [-0.1, -0.05) is 0 Å². The quantitative estimate of drug-likeness (QED) is 0.788. The summed E-state index contributed by atoms with van der Waals surface area (Å²) in [5.74, 6) is 0.0173. The van der Waals surface area contributed by atoms with Crippen LogP contribution in [0.1, 0.15) is 6.42 Å². The molecule has 1 aromatic heterocycles. The van der Waals surface area contributed by atoms with E-state index in [0.29, 0.717) is 11.6 Å². The van der Waals surface area contributed by atoms with Crippen molar-refractivity contribution in [2.75, 3.05) is 26.0 Å². The molecular formula is C8H13N3OS. The summed E-state index contributed by atoms with van der Waals surface area (Å²) in [6.07, 6.45) is 2.18. The van der Waals surface area contributed by atoms with E-state index in [1.54, 1.807) is 6.20 Å². The Morgan fingerprint density at radius 3 is 3.00 bits per heavy atom.